The highest BCUT2D eigenvalue weighted by atomic mass is 19.4. The van der Waals surface area contributed by atoms with E-state index in [4.69, 9.17) is 4.74 Å². The van der Waals surface area contributed by atoms with Crippen molar-refractivity contribution < 1.29 is 22.7 Å². The minimum Gasteiger partial charge on any atom is -0.381 e. The van der Waals surface area contributed by atoms with E-state index in [2.05, 4.69) is 25.4 Å². The van der Waals surface area contributed by atoms with Gasteiger partial charge >= 0.3 is 6.18 Å². The van der Waals surface area contributed by atoms with Crippen LogP contribution in [0.15, 0.2) is 36.9 Å². The van der Waals surface area contributed by atoms with Crippen molar-refractivity contribution in [2.75, 3.05) is 18.5 Å². The number of aromatic nitrogens is 5. The molecule has 1 aliphatic heterocycles. The summed E-state index contributed by atoms with van der Waals surface area (Å²) >= 11 is 0. The third kappa shape index (κ3) is 4.28. The molecule has 9 nitrogen and oxygen atoms in total. The molecule has 1 aliphatic rings. The Morgan fingerprint density at radius 1 is 1.29 bits per heavy atom. The second-order valence-corrected chi connectivity index (χ2v) is 8.23. The van der Waals surface area contributed by atoms with Crippen molar-refractivity contribution in [3.63, 3.8) is 0 Å². The number of amides is 1. The van der Waals surface area contributed by atoms with E-state index in [0.29, 0.717) is 30.3 Å². The third-order valence-corrected chi connectivity index (χ3v) is 5.90. The standard InChI is InChI=1S/C22H22F3N7O2/c1-12(22(23,24)25)29-20(33)17-11-28-32-5-2-13(8-18(17)32)15-9-26-19-16(15)10-27-21(31-19)30-14-3-6-34-7-4-14/h2,5,8-12,14H,3-4,6-7H2,1H3,(H,29,33)(H2,26,27,30,31)/t12-/m1/s1. The molecular weight excluding hydrogens is 451 g/mol. The van der Waals surface area contributed by atoms with Gasteiger partial charge in [0.05, 0.1) is 17.3 Å². The van der Waals surface area contributed by atoms with Crippen LogP contribution in [0.5, 0.6) is 0 Å². The number of aromatic amines is 1. The lowest BCUT2D eigenvalue weighted by Crippen LogP contribution is -2.43. The Labute approximate surface area is 191 Å². The van der Waals surface area contributed by atoms with Crippen LogP contribution in [0.4, 0.5) is 19.1 Å². The first kappa shape index (κ1) is 22.1. The molecule has 5 rings (SSSR count). The molecule has 1 atom stereocenters. The summed E-state index contributed by atoms with van der Waals surface area (Å²) in [6.07, 6.45) is 3.65. The Bertz CT molecular complexity index is 1340. The number of hydrogen-bond acceptors (Lipinski definition) is 6. The number of anilines is 1. The van der Waals surface area contributed by atoms with Crippen LogP contribution < -0.4 is 10.6 Å². The minimum atomic E-state index is -4.54. The lowest BCUT2D eigenvalue weighted by atomic mass is 10.1. The highest BCUT2D eigenvalue weighted by Crippen LogP contribution is 2.30. The van der Waals surface area contributed by atoms with Gasteiger partial charge in [0.25, 0.3) is 5.91 Å². The molecule has 0 spiro atoms. The summed E-state index contributed by atoms with van der Waals surface area (Å²) in [7, 11) is 0. The molecule has 0 bridgehead atoms. The van der Waals surface area contributed by atoms with Crippen LogP contribution in [-0.4, -0.2) is 61.9 Å². The molecule has 0 unspecified atom stereocenters. The van der Waals surface area contributed by atoms with Gasteiger partial charge in [-0.2, -0.15) is 23.3 Å². The number of halogens is 3. The van der Waals surface area contributed by atoms with E-state index in [0.717, 1.165) is 36.3 Å². The SMILES string of the molecule is C[C@@H](NC(=O)c1cnn2ccc(-c3c[nH]c4nc(NC5CCOCC5)ncc34)cc12)C(F)(F)F. The Balaban J connectivity index is 1.43. The van der Waals surface area contributed by atoms with E-state index < -0.39 is 18.1 Å². The fourth-order valence-electron chi connectivity index (χ4n) is 3.92. The lowest BCUT2D eigenvalue weighted by Gasteiger charge is -2.22. The summed E-state index contributed by atoms with van der Waals surface area (Å²) in [5.74, 6) is -0.320. The fourth-order valence-corrected chi connectivity index (χ4v) is 3.92. The molecular formula is C22H22F3N7O2. The van der Waals surface area contributed by atoms with Crippen LogP contribution >= 0.6 is 0 Å². The number of pyridine rings is 1. The van der Waals surface area contributed by atoms with Crippen LogP contribution in [0.1, 0.15) is 30.1 Å². The Morgan fingerprint density at radius 2 is 2.09 bits per heavy atom. The van der Waals surface area contributed by atoms with E-state index in [-0.39, 0.29) is 11.6 Å². The summed E-state index contributed by atoms with van der Waals surface area (Å²) in [6, 6.07) is 1.79. The molecule has 1 amide bonds. The number of nitrogens with zero attached hydrogens (tertiary/aromatic N) is 4. The number of hydrogen-bond donors (Lipinski definition) is 3. The van der Waals surface area contributed by atoms with Gasteiger partial charge in [-0.25, -0.2) is 9.50 Å². The molecule has 0 aliphatic carbocycles. The molecule has 0 radical (unpaired) electrons. The predicted molar refractivity (Wildman–Crippen MR) is 119 cm³/mol. The quantitative estimate of drug-likeness (QED) is 0.409. The van der Waals surface area contributed by atoms with Crippen molar-refractivity contribution in [2.45, 2.75) is 38.0 Å². The molecule has 12 heteroatoms. The monoisotopic (exact) mass is 473 g/mol. The van der Waals surface area contributed by atoms with Gasteiger partial charge in [-0.1, -0.05) is 0 Å². The normalized spacial score (nSPS) is 16.1. The first-order valence-corrected chi connectivity index (χ1v) is 10.8. The molecule has 34 heavy (non-hydrogen) atoms. The van der Waals surface area contributed by atoms with E-state index in [1.54, 1.807) is 30.7 Å². The Morgan fingerprint density at radius 3 is 2.85 bits per heavy atom. The molecule has 4 aromatic rings. The Hall–Kier alpha value is -3.67. The second kappa shape index (κ2) is 8.60. The highest BCUT2D eigenvalue weighted by molar-refractivity contribution is 6.02. The number of rotatable bonds is 5. The van der Waals surface area contributed by atoms with Crippen LogP contribution in [0.25, 0.3) is 27.7 Å². The van der Waals surface area contributed by atoms with Crippen molar-refractivity contribution in [3.05, 3.63) is 42.5 Å². The van der Waals surface area contributed by atoms with Crippen LogP contribution in [0.2, 0.25) is 0 Å². The van der Waals surface area contributed by atoms with Crippen molar-refractivity contribution in [2.24, 2.45) is 0 Å². The summed E-state index contributed by atoms with van der Waals surface area (Å²) in [5.41, 5.74) is 2.62. The molecule has 0 aromatic carbocycles. The van der Waals surface area contributed by atoms with Gasteiger partial charge in [-0.15, -0.1) is 0 Å². The van der Waals surface area contributed by atoms with E-state index in [9.17, 15) is 18.0 Å². The van der Waals surface area contributed by atoms with Gasteiger partial charge < -0.3 is 20.4 Å². The average Bonchev–Trinajstić information content (AvgIpc) is 3.42. The van der Waals surface area contributed by atoms with Crippen molar-refractivity contribution >= 4 is 28.4 Å². The molecule has 1 saturated heterocycles. The smallest absolute Gasteiger partial charge is 0.381 e. The number of carbonyl (C=O) groups excluding carboxylic acids is 1. The van der Waals surface area contributed by atoms with Gasteiger partial charge in [-0.05, 0) is 37.5 Å². The first-order chi connectivity index (χ1) is 16.3. The molecule has 1 fully saturated rings. The lowest BCUT2D eigenvalue weighted by molar-refractivity contribution is -0.149. The number of ether oxygens (including phenoxy) is 1. The first-order valence-electron chi connectivity index (χ1n) is 10.8. The minimum absolute atomic E-state index is 0.0528. The topological polar surface area (TPSA) is 109 Å². The largest absolute Gasteiger partial charge is 0.408 e. The van der Waals surface area contributed by atoms with Crippen molar-refractivity contribution in [1.82, 2.24) is 29.9 Å². The number of fused-ring (bicyclic) bond motifs is 2. The number of carbonyl (C=O) groups is 1. The number of nitrogens with one attached hydrogen (secondary N) is 3. The maximum Gasteiger partial charge on any atom is 0.408 e. The predicted octanol–water partition coefficient (Wildman–Crippen LogP) is 3.54. The zero-order valence-electron chi connectivity index (χ0n) is 18.2. The van der Waals surface area contributed by atoms with Crippen molar-refractivity contribution in [3.8, 4) is 11.1 Å². The van der Waals surface area contributed by atoms with E-state index >= 15 is 0 Å². The van der Waals surface area contributed by atoms with Gasteiger partial charge in [-0.3, -0.25) is 4.79 Å². The fraction of sp³-hybridized carbons (Fsp3) is 0.364. The highest BCUT2D eigenvalue weighted by Gasteiger charge is 2.37. The maximum atomic E-state index is 12.9. The molecule has 5 heterocycles. The Kier molecular flexibility index (Phi) is 5.60. The summed E-state index contributed by atoms with van der Waals surface area (Å²) in [4.78, 5) is 24.6. The molecule has 0 saturated carbocycles. The summed E-state index contributed by atoms with van der Waals surface area (Å²) < 4.78 is 45.4. The van der Waals surface area contributed by atoms with Crippen LogP contribution in [-0.2, 0) is 4.74 Å². The van der Waals surface area contributed by atoms with E-state index in [1.165, 1.54) is 10.7 Å². The number of alkyl halides is 3. The van der Waals surface area contributed by atoms with Gasteiger partial charge in [0.1, 0.15) is 11.7 Å². The number of H-pyrrole nitrogens is 1. The van der Waals surface area contributed by atoms with E-state index in [1.807, 2.05) is 5.32 Å². The molecule has 178 valence electrons. The summed E-state index contributed by atoms with van der Waals surface area (Å²) in [6.45, 7) is 2.31. The van der Waals surface area contributed by atoms with Crippen molar-refractivity contribution in [1.29, 1.82) is 0 Å². The zero-order chi connectivity index (χ0) is 23.9. The zero-order valence-corrected chi connectivity index (χ0v) is 18.2. The maximum absolute atomic E-state index is 12.9. The van der Waals surface area contributed by atoms with Gasteiger partial charge in [0, 0.05) is 48.8 Å². The molecule has 4 aromatic heterocycles. The third-order valence-electron chi connectivity index (χ3n) is 5.90. The summed E-state index contributed by atoms with van der Waals surface area (Å²) in [5, 5.41) is 10.2. The van der Waals surface area contributed by atoms with Gasteiger partial charge in [0.15, 0.2) is 0 Å². The molecule has 3 N–H and O–H groups in total. The van der Waals surface area contributed by atoms with Crippen LogP contribution in [0, 0.1) is 0 Å². The second-order valence-electron chi connectivity index (χ2n) is 8.23. The van der Waals surface area contributed by atoms with Gasteiger partial charge in [0.2, 0.25) is 5.95 Å². The average molecular weight is 473 g/mol. The van der Waals surface area contributed by atoms with Crippen LogP contribution in [0.3, 0.4) is 0 Å².